The van der Waals surface area contributed by atoms with E-state index in [-0.39, 0.29) is 0 Å². The number of allylic oxidation sites excluding steroid dienone is 2. The van der Waals surface area contributed by atoms with Gasteiger partial charge in [-0.05, 0) is 141 Å². The van der Waals surface area contributed by atoms with Gasteiger partial charge >= 0.3 is 0 Å². The Bertz CT molecular complexity index is 1070. The second kappa shape index (κ2) is 7.94. The van der Waals surface area contributed by atoms with Gasteiger partial charge in [-0.15, -0.1) is 0 Å². The molecule has 1 aliphatic heterocycles. The maximum atomic E-state index is 4.31. The third-order valence-electron chi connectivity index (χ3n) is 11.1. The van der Waals surface area contributed by atoms with Crippen molar-refractivity contribution in [2.45, 2.75) is 77.2 Å². The molecule has 0 amide bonds. The average Bonchev–Trinajstić information content (AvgIpc) is 3.51. The first-order valence-corrected chi connectivity index (χ1v) is 14.0. The van der Waals surface area contributed by atoms with Crippen LogP contribution in [0.2, 0.25) is 0 Å². The standard InChI is InChI=1S/C31H40N2/c1-31-14-12-27-26-9-7-25(33-16-2-3-17-33)19-22(26)6-8-28(27)30(31)11-10-29(31)23-4-5-24-20-32-15-13-21(24)18-23/h4-5,10,13,15,18,20,22,25-28,30H,2-3,6-9,11-12,14,16-17,19H2,1H3/t22-,25?,26-,27+,28+,30-,31?/m0/s1. The molecule has 1 aromatic carbocycles. The van der Waals surface area contributed by atoms with Crippen LogP contribution in [0.3, 0.4) is 0 Å². The molecule has 1 saturated heterocycles. The van der Waals surface area contributed by atoms with Crippen LogP contribution in [0.1, 0.15) is 76.7 Å². The number of nitrogens with zero attached hydrogens (tertiary/aromatic N) is 2. The molecule has 2 nitrogen and oxygen atoms in total. The van der Waals surface area contributed by atoms with Gasteiger partial charge in [0, 0.05) is 23.8 Å². The Labute approximate surface area is 199 Å². The van der Waals surface area contributed by atoms with Gasteiger partial charge in [-0.3, -0.25) is 4.98 Å². The maximum absolute atomic E-state index is 4.31. The summed E-state index contributed by atoms with van der Waals surface area (Å²) in [6, 6.07) is 10.2. The van der Waals surface area contributed by atoms with Crippen molar-refractivity contribution < 1.29 is 0 Å². The molecule has 7 rings (SSSR count). The molecule has 0 radical (unpaired) electrons. The summed E-state index contributed by atoms with van der Waals surface area (Å²) in [6.45, 7) is 5.39. The van der Waals surface area contributed by atoms with Crippen LogP contribution in [0.5, 0.6) is 0 Å². The van der Waals surface area contributed by atoms with Gasteiger partial charge < -0.3 is 4.90 Å². The number of aromatic nitrogens is 1. The van der Waals surface area contributed by atoms with E-state index in [9.17, 15) is 0 Å². The van der Waals surface area contributed by atoms with Crippen molar-refractivity contribution in [2.24, 2.45) is 35.0 Å². The van der Waals surface area contributed by atoms with Crippen LogP contribution >= 0.6 is 0 Å². The summed E-state index contributed by atoms with van der Waals surface area (Å²) in [5.41, 5.74) is 3.50. The van der Waals surface area contributed by atoms with Crippen LogP contribution in [0.4, 0.5) is 0 Å². The predicted octanol–water partition coefficient (Wildman–Crippen LogP) is 7.35. The predicted molar refractivity (Wildman–Crippen MR) is 137 cm³/mol. The average molecular weight is 441 g/mol. The van der Waals surface area contributed by atoms with Gasteiger partial charge in [-0.25, -0.2) is 0 Å². The molecule has 4 aliphatic carbocycles. The highest BCUT2D eigenvalue weighted by molar-refractivity contribution is 5.86. The highest BCUT2D eigenvalue weighted by Crippen LogP contribution is 2.64. The molecule has 174 valence electrons. The monoisotopic (exact) mass is 440 g/mol. The van der Waals surface area contributed by atoms with Gasteiger partial charge in [0.15, 0.2) is 0 Å². The summed E-state index contributed by atoms with van der Waals surface area (Å²) in [6.07, 6.45) is 21.2. The Morgan fingerprint density at radius 1 is 0.909 bits per heavy atom. The third-order valence-corrected chi connectivity index (χ3v) is 11.1. The smallest absolute Gasteiger partial charge is 0.0346 e. The van der Waals surface area contributed by atoms with Gasteiger partial charge in [0.1, 0.15) is 0 Å². The van der Waals surface area contributed by atoms with Gasteiger partial charge in [0.25, 0.3) is 0 Å². The first kappa shape index (κ1) is 20.7. The van der Waals surface area contributed by atoms with E-state index in [1.165, 1.54) is 93.6 Å². The number of likely N-dealkylation sites (tertiary alicyclic amines) is 1. The van der Waals surface area contributed by atoms with Crippen LogP contribution in [0.15, 0.2) is 42.7 Å². The van der Waals surface area contributed by atoms with E-state index in [0.29, 0.717) is 5.41 Å². The lowest BCUT2D eigenvalue weighted by Crippen LogP contribution is -2.50. The molecule has 3 saturated carbocycles. The lowest BCUT2D eigenvalue weighted by atomic mass is 9.49. The largest absolute Gasteiger partial charge is 0.300 e. The van der Waals surface area contributed by atoms with E-state index in [1.807, 2.05) is 12.4 Å². The van der Waals surface area contributed by atoms with Crippen molar-refractivity contribution in [1.29, 1.82) is 0 Å². The van der Waals surface area contributed by atoms with Crippen LogP contribution in [0.25, 0.3) is 16.3 Å². The number of benzene rings is 1. The summed E-state index contributed by atoms with van der Waals surface area (Å²) >= 11 is 0. The van der Waals surface area contributed by atoms with Gasteiger partial charge in [-0.1, -0.05) is 25.1 Å². The molecule has 4 fully saturated rings. The quantitative estimate of drug-likeness (QED) is 0.485. The Kier molecular flexibility index (Phi) is 4.98. The summed E-state index contributed by atoms with van der Waals surface area (Å²) in [5.74, 6) is 4.91. The van der Waals surface area contributed by atoms with Gasteiger partial charge in [0.2, 0.25) is 0 Å². The molecular weight excluding hydrogens is 400 g/mol. The molecule has 7 atom stereocenters. The third kappa shape index (κ3) is 3.27. The van der Waals surface area contributed by atoms with E-state index < -0.39 is 0 Å². The van der Waals surface area contributed by atoms with E-state index in [2.05, 4.69) is 47.1 Å². The van der Waals surface area contributed by atoms with Crippen LogP contribution < -0.4 is 0 Å². The zero-order valence-electron chi connectivity index (χ0n) is 20.4. The van der Waals surface area contributed by atoms with Crippen molar-refractivity contribution in [3.8, 4) is 0 Å². The highest BCUT2D eigenvalue weighted by atomic mass is 15.2. The number of rotatable bonds is 2. The number of hydrogen-bond acceptors (Lipinski definition) is 2. The molecule has 2 unspecified atom stereocenters. The Morgan fingerprint density at radius 3 is 2.70 bits per heavy atom. The minimum atomic E-state index is 0.376. The number of hydrogen-bond donors (Lipinski definition) is 0. The molecule has 2 heteroatoms. The van der Waals surface area contributed by atoms with Crippen molar-refractivity contribution in [1.82, 2.24) is 9.88 Å². The van der Waals surface area contributed by atoms with Gasteiger partial charge in [0.05, 0.1) is 0 Å². The molecule has 0 spiro atoms. The Balaban J connectivity index is 1.11. The lowest BCUT2D eigenvalue weighted by molar-refractivity contribution is -0.0499. The first-order chi connectivity index (χ1) is 16.2. The van der Waals surface area contributed by atoms with Crippen LogP contribution in [-0.2, 0) is 0 Å². The summed E-state index contributed by atoms with van der Waals surface area (Å²) in [4.78, 5) is 7.16. The number of fused-ring (bicyclic) bond motifs is 6. The van der Waals surface area contributed by atoms with Crippen molar-refractivity contribution in [2.75, 3.05) is 13.1 Å². The normalized spacial score (nSPS) is 40.8. The zero-order chi connectivity index (χ0) is 22.0. The van der Waals surface area contributed by atoms with Crippen LogP contribution in [0, 0.1) is 35.0 Å². The Morgan fingerprint density at radius 2 is 1.79 bits per heavy atom. The van der Waals surface area contributed by atoms with Crippen molar-refractivity contribution >= 4 is 16.3 Å². The Hall–Kier alpha value is -1.67. The SMILES string of the molecule is CC12CC[C@H]3[C@@H](CC[C@H]4CC(N5CCCC5)CC[C@@H]43)[C@@H]1CC=C2c1ccc2cnccc2c1. The summed E-state index contributed by atoms with van der Waals surface area (Å²) in [7, 11) is 0. The van der Waals surface area contributed by atoms with E-state index in [4.69, 9.17) is 0 Å². The van der Waals surface area contributed by atoms with Crippen molar-refractivity contribution in [3.63, 3.8) is 0 Å². The minimum absolute atomic E-state index is 0.376. The maximum Gasteiger partial charge on any atom is 0.0346 e. The number of pyridine rings is 1. The molecule has 1 aromatic heterocycles. The van der Waals surface area contributed by atoms with Gasteiger partial charge in [-0.2, -0.15) is 0 Å². The molecule has 5 aliphatic rings. The summed E-state index contributed by atoms with van der Waals surface area (Å²) in [5, 5.41) is 2.59. The molecule has 0 bridgehead atoms. The van der Waals surface area contributed by atoms with Crippen molar-refractivity contribution in [3.05, 3.63) is 48.3 Å². The first-order valence-electron chi connectivity index (χ1n) is 14.0. The fourth-order valence-corrected chi connectivity index (χ4v) is 9.53. The zero-order valence-corrected chi connectivity index (χ0v) is 20.4. The second-order valence-corrected chi connectivity index (χ2v) is 12.4. The lowest BCUT2D eigenvalue weighted by Gasteiger charge is -2.56. The minimum Gasteiger partial charge on any atom is -0.300 e. The molecule has 33 heavy (non-hydrogen) atoms. The van der Waals surface area contributed by atoms with E-state index in [0.717, 1.165) is 35.6 Å². The van der Waals surface area contributed by atoms with E-state index in [1.54, 1.807) is 5.57 Å². The highest BCUT2D eigenvalue weighted by Gasteiger charge is 2.55. The summed E-state index contributed by atoms with van der Waals surface area (Å²) < 4.78 is 0. The van der Waals surface area contributed by atoms with Crippen LogP contribution in [-0.4, -0.2) is 29.0 Å². The molecule has 2 aromatic rings. The van der Waals surface area contributed by atoms with E-state index >= 15 is 0 Å². The fourth-order valence-electron chi connectivity index (χ4n) is 9.53. The fraction of sp³-hybridized carbons (Fsp3) is 0.645. The molecule has 0 N–H and O–H groups in total. The second-order valence-electron chi connectivity index (χ2n) is 12.4. The topological polar surface area (TPSA) is 16.1 Å². The molecule has 2 heterocycles. The molecular formula is C31H40N2.